The van der Waals surface area contributed by atoms with E-state index in [4.69, 9.17) is 27.9 Å². The minimum Gasteiger partial charge on any atom is -0.474 e. The van der Waals surface area contributed by atoms with Crippen molar-refractivity contribution in [1.82, 2.24) is 0 Å². The lowest BCUT2D eigenvalue weighted by Crippen LogP contribution is -2.20. The maximum atomic E-state index is 11.3. The maximum Gasteiger partial charge on any atom is 0.291 e. The van der Waals surface area contributed by atoms with Crippen LogP contribution in [0.3, 0.4) is 0 Å². The van der Waals surface area contributed by atoms with Crippen molar-refractivity contribution >= 4 is 29.3 Å². The van der Waals surface area contributed by atoms with Gasteiger partial charge in [0, 0.05) is 27.2 Å². The predicted molar refractivity (Wildman–Crippen MR) is 81.2 cm³/mol. The van der Waals surface area contributed by atoms with Crippen LogP contribution in [0.25, 0.3) is 6.08 Å². The van der Waals surface area contributed by atoms with Crippen molar-refractivity contribution in [3.63, 3.8) is 0 Å². The molecule has 0 radical (unpaired) electrons. The van der Waals surface area contributed by atoms with Crippen molar-refractivity contribution < 1.29 is 9.66 Å². The number of nitro groups is 1. The van der Waals surface area contributed by atoms with E-state index >= 15 is 0 Å². The molecule has 21 heavy (non-hydrogen) atoms. The molecule has 2 aromatic rings. The largest absolute Gasteiger partial charge is 0.474 e. The molecule has 1 aliphatic rings. The summed E-state index contributed by atoms with van der Waals surface area (Å²) in [5.41, 5.74) is 1.13. The molecule has 0 aliphatic carbocycles. The van der Waals surface area contributed by atoms with E-state index in [-0.39, 0.29) is 5.70 Å². The van der Waals surface area contributed by atoms with E-state index in [1.165, 1.54) is 6.08 Å². The van der Waals surface area contributed by atoms with E-state index in [9.17, 15) is 10.1 Å². The van der Waals surface area contributed by atoms with E-state index in [0.717, 1.165) is 0 Å². The van der Waals surface area contributed by atoms with Crippen molar-refractivity contribution in [2.45, 2.75) is 6.10 Å². The molecule has 3 rings (SSSR count). The molecule has 0 spiro atoms. The highest BCUT2D eigenvalue weighted by molar-refractivity contribution is 6.35. The molecule has 0 aromatic heterocycles. The highest BCUT2D eigenvalue weighted by atomic mass is 35.5. The Morgan fingerprint density at radius 1 is 1.14 bits per heavy atom. The average Bonchev–Trinajstić information content (AvgIpc) is 2.46. The molecule has 106 valence electrons. The van der Waals surface area contributed by atoms with Crippen LogP contribution in [0.4, 0.5) is 0 Å². The van der Waals surface area contributed by atoms with Gasteiger partial charge in [0.25, 0.3) is 5.70 Å². The van der Waals surface area contributed by atoms with Crippen molar-refractivity contribution in [3.8, 4) is 5.75 Å². The van der Waals surface area contributed by atoms with E-state index in [2.05, 4.69) is 0 Å². The van der Waals surface area contributed by atoms with E-state index in [0.29, 0.717) is 26.9 Å². The Morgan fingerprint density at radius 3 is 2.62 bits per heavy atom. The highest BCUT2D eigenvalue weighted by Crippen LogP contribution is 2.40. The monoisotopic (exact) mass is 321 g/mol. The second-order valence-corrected chi connectivity index (χ2v) is 5.37. The molecule has 6 heteroatoms. The van der Waals surface area contributed by atoms with E-state index < -0.39 is 11.0 Å². The normalized spacial score (nSPS) is 16.7. The van der Waals surface area contributed by atoms with Crippen LogP contribution >= 0.6 is 23.2 Å². The van der Waals surface area contributed by atoms with E-state index in [1.54, 1.807) is 36.4 Å². The summed E-state index contributed by atoms with van der Waals surface area (Å²) < 4.78 is 5.78. The molecule has 0 unspecified atom stereocenters. The van der Waals surface area contributed by atoms with Gasteiger partial charge in [-0.05, 0) is 18.2 Å². The lowest BCUT2D eigenvalue weighted by atomic mass is 10.0. The van der Waals surface area contributed by atoms with Crippen molar-refractivity contribution in [1.29, 1.82) is 0 Å². The molecule has 0 fully saturated rings. The molecule has 2 aromatic carbocycles. The number of nitrogens with zero attached hydrogens (tertiary/aromatic N) is 1. The minimum absolute atomic E-state index is 0.0575. The first kappa shape index (κ1) is 13.9. The summed E-state index contributed by atoms with van der Waals surface area (Å²) in [6.45, 7) is 0. The van der Waals surface area contributed by atoms with Crippen LogP contribution < -0.4 is 4.74 Å². The number of fused-ring (bicyclic) bond motifs is 1. The average molecular weight is 322 g/mol. The van der Waals surface area contributed by atoms with Gasteiger partial charge in [-0.1, -0.05) is 47.5 Å². The first-order valence-electron chi connectivity index (χ1n) is 6.13. The number of hydrogen-bond donors (Lipinski definition) is 0. The topological polar surface area (TPSA) is 52.4 Å². The smallest absolute Gasteiger partial charge is 0.291 e. The molecule has 1 atom stereocenters. The number of halogens is 2. The quantitative estimate of drug-likeness (QED) is 0.592. The van der Waals surface area contributed by atoms with Crippen LogP contribution in [0.5, 0.6) is 5.75 Å². The van der Waals surface area contributed by atoms with Gasteiger partial charge in [0.15, 0.2) is 0 Å². The lowest BCUT2D eigenvalue weighted by molar-refractivity contribution is -0.434. The summed E-state index contributed by atoms with van der Waals surface area (Å²) >= 11 is 12.0. The van der Waals surface area contributed by atoms with Gasteiger partial charge in [-0.15, -0.1) is 0 Å². The van der Waals surface area contributed by atoms with Gasteiger partial charge in [0.05, 0.1) is 4.92 Å². The SMILES string of the molecule is O=[N+]([O-])C1=Cc2ccccc2O[C@H]1c1ccc(Cl)cc1Cl. The zero-order chi connectivity index (χ0) is 15.0. The van der Waals surface area contributed by atoms with Gasteiger partial charge in [0.2, 0.25) is 6.10 Å². The second-order valence-electron chi connectivity index (χ2n) is 4.53. The van der Waals surface area contributed by atoms with Crippen LogP contribution in [-0.2, 0) is 0 Å². The summed E-state index contributed by atoms with van der Waals surface area (Å²) in [7, 11) is 0. The summed E-state index contributed by atoms with van der Waals surface area (Å²) in [5, 5.41) is 12.1. The van der Waals surface area contributed by atoms with Crippen LogP contribution in [-0.4, -0.2) is 4.92 Å². The number of para-hydroxylation sites is 1. The Kier molecular flexibility index (Phi) is 3.57. The second kappa shape index (κ2) is 5.39. The third-order valence-electron chi connectivity index (χ3n) is 3.19. The van der Waals surface area contributed by atoms with E-state index in [1.807, 2.05) is 6.07 Å². The molecule has 0 N–H and O–H groups in total. The molecule has 1 heterocycles. The minimum atomic E-state index is -0.861. The van der Waals surface area contributed by atoms with Crippen LogP contribution in [0.15, 0.2) is 48.2 Å². The third-order valence-corrected chi connectivity index (χ3v) is 3.75. The highest BCUT2D eigenvalue weighted by Gasteiger charge is 2.34. The summed E-state index contributed by atoms with van der Waals surface area (Å²) in [6, 6.07) is 11.9. The molecule has 0 amide bonds. The molecule has 0 saturated carbocycles. The standard InChI is InChI=1S/C15H9Cl2NO3/c16-10-5-6-11(12(17)8-10)15-13(18(19)20)7-9-3-1-2-4-14(9)21-15/h1-8,15H/t15-/m0/s1. The van der Waals surface area contributed by atoms with Crippen molar-refractivity contribution in [2.24, 2.45) is 0 Å². The van der Waals surface area contributed by atoms with Gasteiger partial charge in [-0.3, -0.25) is 10.1 Å². The lowest BCUT2D eigenvalue weighted by Gasteiger charge is -2.23. The van der Waals surface area contributed by atoms with Gasteiger partial charge < -0.3 is 4.74 Å². The maximum absolute atomic E-state index is 11.3. The number of rotatable bonds is 2. The van der Waals surface area contributed by atoms with Gasteiger partial charge in [-0.25, -0.2) is 0 Å². The molecule has 4 nitrogen and oxygen atoms in total. The zero-order valence-electron chi connectivity index (χ0n) is 10.6. The van der Waals surface area contributed by atoms with Gasteiger partial charge in [0.1, 0.15) is 5.75 Å². The predicted octanol–water partition coefficient (Wildman–Crippen LogP) is 4.74. The van der Waals surface area contributed by atoms with Gasteiger partial charge in [-0.2, -0.15) is 0 Å². The Morgan fingerprint density at radius 2 is 1.90 bits per heavy atom. The number of benzene rings is 2. The first-order chi connectivity index (χ1) is 10.1. The summed E-state index contributed by atoms with van der Waals surface area (Å²) in [5.74, 6) is 0.583. The van der Waals surface area contributed by atoms with Crippen molar-refractivity contribution in [3.05, 3.63) is 79.4 Å². The fourth-order valence-electron chi connectivity index (χ4n) is 2.21. The molecule has 1 aliphatic heterocycles. The molecule has 0 saturated heterocycles. The summed E-state index contributed by atoms with van der Waals surface area (Å²) in [6.07, 6.45) is 0.647. The van der Waals surface area contributed by atoms with Crippen LogP contribution in [0.2, 0.25) is 10.0 Å². The molecular formula is C15H9Cl2NO3. The number of hydrogen-bond acceptors (Lipinski definition) is 3. The Balaban J connectivity index is 2.12. The fourth-order valence-corrected chi connectivity index (χ4v) is 2.72. The third kappa shape index (κ3) is 2.60. The fraction of sp³-hybridized carbons (Fsp3) is 0.0667. The zero-order valence-corrected chi connectivity index (χ0v) is 12.1. The summed E-state index contributed by atoms with van der Waals surface area (Å²) in [4.78, 5) is 10.9. The molecular weight excluding hydrogens is 313 g/mol. The van der Waals surface area contributed by atoms with Crippen LogP contribution in [0, 0.1) is 10.1 Å². The molecule has 0 bridgehead atoms. The Bertz CT molecular complexity index is 758. The van der Waals surface area contributed by atoms with Crippen LogP contribution in [0.1, 0.15) is 17.2 Å². The first-order valence-corrected chi connectivity index (χ1v) is 6.88. The number of ether oxygens (including phenoxy) is 1. The van der Waals surface area contributed by atoms with Crippen molar-refractivity contribution in [2.75, 3.05) is 0 Å². The Labute approximate surface area is 130 Å². The Hall–Kier alpha value is -2.04. The van der Waals surface area contributed by atoms with Gasteiger partial charge >= 0.3 is 0 Å².